The standard InChI is InChI=1S/C14H17ClN2O3/c1-20-14(19)17-7-5-16(6-8-17)13(18)12-4-2-3-11(9-12)10-15/h2-4,9H,5-8,10H2,1H3. The van der Waals surface area contributed by atoms with Gasteiger partial charge in [-0.15, -0.1) is 11.6 Å². The van der Waals surface area contributed by atoms with Crippen molar-refractivity contribution < 1.29 is 14.3 Å². The van der Waals surface area contributed by atoms with Gasteiger partial charge in [0.2, 0.25) is 0 Å². The first kappa shape index (κ1) is 14.7. The second-order valence-corrected chi connectivity index (χ2v) is 4.85. The molecule has 20 heavy (non-hydrogen) atoms. The minimum Gasteiger partial charge on any atom is -0.453 e. The van der Waals surface area contributed by atoms with Crippen LogP contribution in [-0.4, -0.2) is 55.1 Å². The Labute approximate surface area is 123 Å². The number of hydrogen-bond acceptors (Lipinski definition) is 3. The molecule has 0 spiro atoms. The lowest BCUT2D eigenvalue weighted by Gasteiger charge is -2.33. The molecule has 0 aromatic heterocycles. The van der Waals surface area contributed by atoms with E-state index in [9.17, 15) is 9.59 Å². The van der Waals surface area contributed by atoms with Gasteiger partial charge in [-0.25, -0.2) is 4.79 Å². The predicted molar refractivity (Wildman–Crippen MR) is 75.9 cm³/mol. The van der Waals surface area contributed by atoms with Crippen molar-refractivity contribution >= 4 is 23.6 Å². The second-order valence-electron chi connectivity index (χ2n) is 4.58. The summed E-state index contributed by atoms with van der Waals surface area (Å²) in [5.41, 5.74) is 1.56. The first-order valence-electron chi connectivity index (χ1n) is 6.42. The summed E-state index contributed by atoms with van der Waals surface area (Å²) in [6.45, 7) is 2.01. The van der Waals surface area contributed by atoms with Crippen LogP contribution in [0.25, 0.3) is 0 Å². The molecule has 0 bridgehead atoms. The number of benzene rings is 1. The molecule has 1 saturated heterocycles. The summed E-state index contributed by atoms with van der Waals surface area (Å²) in [6.07, 6.45) is -0.346. The molecule has 5 nitrogen and oxygen atoms in total. The van der Waals surface area contributed by atoms with E-state index < -0.39 is 0 Å². The third-order valence-electron chi connectivity index (χ3n) is 3.33. The normalized spacial score (nSPS) is 15.1. The number of nitrogens with zero attached hydrogens (tertiary/aromatic N) is 2. The maximum absolute atomic E-state index is 12.4. The van der Waals surface area contributed by atoms with Crippen LogP contribution in [0.1, 0.15) is 15.9 Å². The lowest BCUT2D eigenvalue weighted by atomic mass is 10.1. The fourth-order valence-electron chi connectivity index (χ4n) is 2.19. The maximum atomic E-state index is 12.4. The molecule has 0 saturated carbocycles. The van der Waals surface area contributed by atoms with E-state index in [0.717, 1.165) is 5.56 Å². The molecule has 1 heterocycles. The van der Waals surface area contributed by atoms with Crippen molar-refractivity contribution in [3.8, 4) is 0 Å². The molecule has 2 amide bonds. The Bertz CT molecular complexity index is 499. The maximum Gasteiger partial charge on any atom is 0.409 e. The van der Waals surface area contributed by atoms with Crippen LogP contribution in [-0.2, 0) is 10.6 Å². The van der Waals surface area contributed by atoms with Gasteiger partial charge in [-0.3, -0.25) is 4.79 Å². The number of rotatable bonds is 2. The lowest BCUT2D eigenvalue weighted by molar-refractivity contribution is 0.0599. The van der Waals surface area contributed by atoms with E-state index in [0.29, 0.717) is 37.6 Å². The van der Waals surface area contributed by atoms with Gasteiger partial charge in [-0.05, 0) is 17.7 Å². The SMILES string of the molecule is COC(=O)N1CCN(C(=O)c2cccc(CCl)c2)CC1. The number of amides is 2. The molecule has 1 fully saturated rings. The molecule has 6 heteroatoms. The number of piperazine rings is 1. The van der Waals surface area contributed by atoms with Gasteiger partial charge in [0.05, 0.1) is 7.11 Å². The number of methoxy groups -OCH3 is 1. The number of ether oxygens (including phenoxy) is 1. The number of alkyl halides is 1. The van der Waals surface area contributed by atoms with Crippen molar-refractivity contribution in [2.75, 3.05) is 33.3 Å². The van der Waals surface area contributed by atoms with E-state index in [-0.39, 0.29) is 12.0 Å². The average Bonchev–Trinajstić information content (AvgIpc) is 2.53. The van der Waals surface area contributed by atoms with E-state index in [2.05, 4.69) is 4.74 Å². The molecule has 1 aromatic carbocycles. The topological polar surface area (TPSA) is 49.9 Å². The van der Waals surface area contributed by atoms with Gasteiger partial charge in [0.25, 0.3) is 5.91 Å². The van der Waals surface area contributed by atoms with Gasteiger partial charge in [-0.1, -0.05) is 12.1 Å². The third-order valence-corrected chi connectivity index (χ3v) is 3.64. The van der Waals surface area contributed by atoms with Gasteiger partial charge >= 0.3 is 6.09 Å². The molecule has 1 aliphatic rings. The summed E-state index contributed by atoms with van der Waals surface area (Å²) in [6, 6.07) is 7.31. The summed E-state index contributed by atoms with van der Waals surface area (Å²) in [4.78, 5) is 27.1. The van der Waals surface area contributed by atoms with Crippen LogP contribution >= 0.6 is 11.6 Å². The van der Waals surface area contributed by atoms with Crippen LogP contribution in [0.2, 0.25) is 0 Å². The molecular formula is C14H17ClN2O3. The Morgan fingerprint density at radius 3 is 2.45 bits per heavy atom. The number of carbonyl (C=O) groups is 2. The molecule has 0 unspecified atom stereocenters. The molecule has 0 atom stereocenters. The van der Waals surface area contributed by atoms with E-state index in [1.165, 1.54) is 7.11 Å². The van der Waals surface area contributed by atoms with E-state index in [1.54, 1.807) is 15.9 Å². The highest BCUT2D eigenvalue weighted by atomic mass is 35.5. The molecule has 2 rings (SSSR count). The number of hydrogen-bond donors (Lipinski definition) is 0. The Hall–Kier alpha value is -1.75. The first-order chi connectivity index (χ1) is 9.65. The zero-order valence-electron chi connectivity index (χ0n) is 11.3. The zero-order chi connectivity index (χ0) is 14.5. The Morgan fingerprint density at radius 1 is 1.20 bits per heavy atom. The minimum absolute atomic E-state index is 0.0264. The average molecular weight is 297 g/mol. The molecule has 108 valence electrons. The monoisotopic (exact) mass is 296 g/mol. The van der Waals surface area contributed by atoms with Crippen molar-refractivity contribution in [3.63, 3.8) is 0 Å². The number of carbonyl (C=O) groups excluding carboxylic acids is 2. The Morgan fingerprint density at radius 2 is 1.85 bits per heavy atom. The highest BCUT2D eigenvalue weighted by molar-refractivity contribution is 6.17. The predicted octanol–water partition coefficient (Wildman–Crippen LogP) is 1.95. The van der Waals surface area contributed by atoms with Gasteiger partial charge in [0, 0.05) is 37.6 Å². The highest BCUT2D eigenvalue weighted by Crippen LogP contribution is 2.12. The van der Waals surface area contributed by atoms with E-state index >= 15 is 0 Å². The van der Waals surface area contributed by atoms with E-state index in [1.807, 2.05) is 18.2 Å². The zero-order valence-corrected chi connectivity index (χ0v) is 12.1. The molecular weight excluding hydrogens is 280 g/mol. The Kier molecular flexibility index (Phi) is 4.84. The Balaban J connectivity index is 1.99. The lowest BCUT2D eigenvalue weighted by Crippen LogP contribution is -2.50. The molecule has 0 N–H and O–H groups in total. The second kappa shape index (κ2) is 6.61. The van der Waals surface area contributed by atoms with Crippen molar-refractivity contribution in [1.29, 1.82) is 0 Å². The molecule has 0 aliphatic carbocycles. The summed E-state index contributed by atoms with van der Waals surface area (Å²) >= 11 is 5.78. The smallest absolute Gasteiger partial charge is 0.409 e. The van der Waals surface area contributed by atoms with Crippen molar-refractivity contribution in [1.82, 2.24) is 9.80 Å². The first-order valence-corrected chi connectivity index (χ1v) is 6.96. The fourth-order valence-corrected chi connectivity index (χ4v) is 2.36. The van der Waals surface area contributed by atoms with Crippen molar-refractivity contribution in [2.45, 2.75) is 5.88 Å². The molecule has 1 aromatic rings. The summed E-state index contributed by atoms with van der Waals surface area (Å²) in [5, 5.41) is 0. The van der Waals surface area contributed by atoms with Crippen LogP contribution in [0.3, 0.4) is 0 Å². The van der Waals surface area contributed by atoms with Crippen LogP contribution in [0.15, 0.2) is 24.3 Å². The van der Waals surface area contributed by atoms with Gasteiger partial charge in [0.15, 0.2) is 0 Å². The van der Waals surface area contributed by atoms with Crippen LogP contribution in [0, 0.1) is 0 Å². The van der Waals surface area contributed by atoms with Crippen LogP contribution in [0.4, 0.5) is 4.79 Å². The van der Waals surface area contributed by atoms with Crippen LogP contribution in [0.5, 0.6) is 0 Å². The van der Waals surface area contributed by atoms with Crippen LogP contribution < -0.4 is 0 Å². The number of halogens is 1. The summed E-state index contributed by atoms with van der Waals surface area (Å²) in [7, 11) is 1.36. The van der Waals surface area contributed by atoms with Crippen molar-refractivity contribution in [3.05, 3.63) is 35.4 Å². The quantitative estimate of drug-likeness (QED) is 0.784. The summed E-state index contributed by atoms with van der Waals surface area (Å²) in [5.74, 6) is 0.360. The highest BCUT2D eigenvalue weighted by Gasteiger charge is 2.25. The van der Waals surface area contributed by atoms with Gasteiger partial charge < -0.3 is 14.5 Å². The van der Waals surface area contributed by atoms with E-state index in [4.69, 9.17) is 11.6 Å². The van der Waals surface area contributed by atoms with Gasteiger partial charge in [-0.2, -0.15) is 0 Å². The summed E-state index contributed by atoms with van der Waals surface area (Å²) < 4.78 is 4.67. The molecule has 1 aliphatic heterocycles. The fraction of sp³-hybridized carbons (Fsp3) is 0.429. The minimum atomic E-state index is -0.346. The van der Waals surface area contributed by atoms with Gasteiger partial charge in [0.1, 0.15) is 0 Å². The molecule has 0 radical (unpaired) electrons. The largest absolute Gasteiger partial charge is 0.453 e. The van der Waals surface area contributed by atoms with Crippen molar-refractivity contribution in [2.24, 2.45) is 0 Å². The third kappa shape index (κ3) is 3.22.